The third kappa shape index (κ3) is 14.8. The molecular weight excluding hydrogens is 607 g/mol. The van der Waals surface area contributed by atoms with Gasteiger partial charge in [-0.3, -0.25) is 0 Å². The maximum absolute atomic E-state index is 11.0. The van der Waals surface area contributed by atoms with E-state index < -0.39 is 17.9 Å². The summed E-state index contributed by atoms with van der Waals surface area (Å²) in [5.41, 5.74) is 1.17. The van der Waals surface area contributed by atoms with E-state index in [0.717, 1.165) is 18.2 Å². The molecule has 0 saturated heterocycles. The second-order valence-electron chi connectivity index (χ2n) is 6.63. The Kier molecular flexibility index (Phi) is 16.2. The molecule has 9 nitrogen and oxygen atoms in total. The molecule has 3 aromatic carbocycles. The van der Waals surface area contributed by atoms with Crippen LogP contribution >= 0.6 is 0 Å². The molecular formula is C27H21LaO9. The van der Waals surface area contributed by atoms with Crippen molar-refractivity contribution in [2.24, 2.45) is 0 Å². The summed E-state index contributed by atoms with van der Waals surface area (Å²) < 4.78 is 0. The smallest absolute Gasteiger partial charge is 0.872 e. The first-order valence-electron chi connectivity index (χ1n) is 10.1. The van der Waals surface area contributed by atoms with Gasteiger partial charge in [0, 0.05) is 18.2 Å². The van der Waals surface area contributed by atoms with Crippen LogP contribution in [0.3, 0.4) is 0 Å². The van der Waals surface area contributed by atoms with Gasteiger partial charge in [0.25, 0.3) is 0 Å². The molecule has 0 amide bonds. The van der Waals surface area contributed by atoms with Gasteiger partial charge in [-0.2, -0.15) is 0 Å². The van der Waals surface area contributed by atoms with Crippen molar-refractivity contribution in [2.45, 2.75) is 0 Å². The average Bonchev–Trinajstić information content (AvgIpc) is 2.83. The molecule has 0 fully saturated rings. The Morgan fingerprint density at radius 3 is 0.892 bits per heavy atom. The normalized spacial score (nSPS) is 10.1. The van der Waals surface area contributed by atoms with Crippen LogP contribution in [-0.4, -0.2) is 33.2 Å². The SMILES string of the molecule is O=C(O)C=Cc1ccccc1[O-].O=C(O)C=Cc1ccccc1[O-].O=C(O)C=Cc1ccccc1[O-].[La+3]. The predicted octanol–water partition coefficient (Wildman–Crippen LogP) is 2.57. The molecule has 3 rings (SSSR count). The Balaban J connectivity index is 0.000000518. The third-order valence-corrected chi connectivity index (χ3v) is 3.97. The Morgan fingerprint density at radius 1 is 0.486 bits per heavy atom. The Labute approximate surface area is 240 Å². The quantitative estimate of drug-likeness (QED) is 0.346. The number of aliphatic carboxylic acids is 3. The zero-order valence-corrected chi connectivity index (χ0v) is 22.9. The van der Waals surface area contributed by atoms with Crippen molar-refractivity contribution in [2.75, 3.05) is 0 Å². The van der Waals surface area contributed by atoms with Gasteiger partial charge in [0.05, 0.1) is 0 Å². The minimum Gasteiger partial charge on any atom is -0.872 e. The van der Waals surface area contributed by atoms with Crippen LogP contribution in [-0.2, 0) is 14.4 Å². The van der Waals surface area contributed by atoms with Crippen LogP contribution in [0.2, 0.25) is 0 Å². The number of hydrogen-bond donors (Lipinski definition) is 3. The summed E-state index contributed by atoms with van der Waals surface area (Å²) in [7, 11) is 0. The molecule has 0 bridgehead atoms. The summed E-state index contributed by atoms with van der Waals surface area (Å²) in [6, 6.07) is 18.8. The van der Waals surface area contributed by atoms with Crippen LogP contribution in [0.5, 0.6) is 17.2 Å². The third-order valence-electron chi connectivity index (χ3n) is 3.97. The largest absolute Gasteiger partial charge is 3.00 e. The maximum Gasteiger partial charge on any atom is 3.00 e. The first kappa shape index (κ1) is 32.9. The molecule has 0 spiro atoms. The van der Waals surface area contributed by atoms with Gasteiger partial charge in [-0.25, -0.2) is 14.4 Å². The van der Waals surface area contributed by atoms with Crippen LogP contribution in [0.15, 0.2) is 91.0 Å². The number of rotatable bonds is 6. The summed E-state index contributed by atoms with van der Waals surface area (Å²) in [4.78, 5) is 30.3. The van der Waals surface area contributed by atoms with Crippen molar-refractivity contribution in [1.29, 1.82) is 0 Å². The molecule has 0 aliphatic heterocycles. The molecule has 10 heteroatoms. The Morgan fingerprint density at radius 2 is 0.703 bits per heavy atom. The summed E-state index contributed by atoms with van der Waals surface area (Å²) in [6.07, 6.45) is 6.67. The summed E-state index contributed by atoms with van der Waals surface area (Å²) in [5.74, 6) is -3.69. The molecule has 0 aromatic heterocycles. The van der Waals surface area contributed by atoms with Crippen LogP contribution in [0, 0.1) is 35.6 Å². The molecule has 3 aromatic rings. The van der Waals surface area contributed by atoms with Gasteiger partial charge < -0.3 is 30.6 Å². The predicted molar refractivity (Wildman–Crippen MR) is 128 cm³/mol. The molecule has 3 N–H and O–H groups in total. The molecule has 0 atom stereocenters. The van der Waals surface area contributed by atoms with E-state index in [-0.39, 0.29) is 52.8 Å². The van der Waals surface area contributed by atoms with Crippen LogP contribution < -0.4 is 15.3 Å². The van der Waals surface area contributed by atoms with E-state index in [1.54, 1.807) is 54.6 Å². The van der Waals surface area contributed by atoms with E-state index >= 15 is 0 Å². The monoisotopic (exact) mass is 628 g/mol. The molecule has 0 saturated carbocycles. The number of benzene rings is 3. The van der Waals surface area contributed by atoms with Gasteiger partial charge in [0.2, 0.25) is 0 Å². The fraction of sp³-hybridized carbons (Fsp3) is 0. The molecule has 0 radical (unpaired) electrons. The summed E-state index contributed by atoms with van der Waals surface area (Å²) in [6.45, 7) is 0. The Hall–Kier alpha value is -4.12. The number of para-hydroxylation sites is 3. The average molecular weight is 628 g/mol. The van der Waals surface area contributed by atoms with Gasteiger partial charge in [-0.05, 0) is 34.9 Å². The summed E-state index contributed by atoms with van der Waals surface area (Å²) in [5, 5.41) is 57.8. The van der Waals surface area contributed by atoms with Crippen LogP contribution in [0.1, 0.15) is 16.7 Å². The van der Waals surface area contributed by atoms with E-state index in [4.69, 9.17) is 15.3 Å². The van der Waals surface area contributed by atoms with E-state index in [1.807, 2.05) is 0 Å². The number of carboxylic acids is 3. The van der Waals surface area contributed by atoms with E-state index in [2.05, 4.69) is 0 Å². The van der Waals surface area contributed by atoms with Crippen molar-refractivity contribution >= 4 is 36.1 Å². The van der Waals surface area contributed by atoms with E-state index in [0.29, 0.717) is 16.7 Å². The molecule has 37 heavy (non-hydrogen) atoms. The molecule has 0 heterocycles. The second-order valence-corrected chi connectivity index (χ2v) is 6.63. The number of carboxylic acid groups (broad SMARTS) is 3. The molecule has 186 valence electrons. The van der Waals surface area contributed by atoms with Gasteiger partial charge >= 0.3 is 53.5 Å². The molecule has 0 aliphatic carbocycles. The van der Waals surface area contributed by atoms with Gasteiger partial charge in [-0.15, -0.1) is 17.2 Å². The first-order valence-corrected chi connectivity index (χ1v) is 10.1. The van der Waals surface area contributed by atoms with Gasteiger partial charge in [0.1, 0.15) is 0 Å². The van der Waals surface area contributed by atoms with Gasteiger partial charge in [0.15, 0.2) is 0 Å². The van der Waals surface area contributed by atoms with Crippen molar-refractivity contribution in [1.82, 2.24) is 0 Å². The first-order chi connectivity index (χ1) is 17.1. The fourth-order valence-electron chi connectivity index (χ4n) is 2.34. The van der Waals surface area contributed by atoms with Crippen LogP contribution in [0.25, 0.3) is 18.2 Å². The second kappa shape index (κ2) is 18.2. The minimum atomic E-state index is -1.06. The van der Waals surface area contributed by atoms with Crippen molar-refractivity contribution in [3.63, 3.8) is 0 Å². The van der Waals surface area contributed by atoms with Crippen molar-refractivity contribution in [3.05, 3.63) is 108 Å². The number of hydrogen-bond acceptors (Lipinski definition) is 6. The topological polar surface area (TPSA) is 181 Å². The minimum absolute atomic E-state index is 0. The van der Waals surface area contributed by atoms with Gasteiger partial charge in [-0.1, -0.05) is 72.8 Å². The maximum atomic E-state index is 11.0. The van der Waals surface area contributed by atoms with E-state index in [1.165, 1.54) is 36.4 Å². The fourth-order valence-corrected chi connectivity index (χ4v) is 2.34. The van der Waals surface area contributed by atoms with Crippen LogP contribution in [0.4, 0.5) is 0 Å². The summed E-state index contributed by atoms with van der Waals surface area (Å²) >= 11 is 0. The zero-order chi connectivity index (χ0) is 26.9. The van der Waals surface area contributed by atoms with E-state index in [9.17, 15) is 29.7 Å². The Bertz CT molecular complexity index is 1110. The van der Waals surface area contributed by atoms with Crippen molar-refractivity contribution in [3.8, 4) is 17.2 Å². The zero-order valence-electron chi connectivity index (χ0n) is 19.3. The molecule has 0 aliphatic rings. The number of carbonyl (C=O) groups is 3. The molecule has 0 unspecified atom stereocenters. The standard InChI is InChI=1S/3C9H8O3.La/c3*10-8-4-2-1-3-7(8)5-6-9(11)12;/h3*1-6,10H,(H,11,12);/q;;;+3/p-3. The van der Waals surface area contributed by atoms with Crippen molar-refractivity contribution < 1.29 is 80.6 Å².